The summed E-state index contributed by atoms with van der Waals surface area (Å²) in [5, 5.41) is 0. The van der Waals surface area contributed by atoms with Gasteiger partial charge in [0, 0.05) is 18.2 Å². The van der Waals surface area contributed by atoms with Gasteiger partial charge in [-0.2, -0.15) is 0 Å². The van der Waals surface area contributed by atoms with Crippen LogP contribution in [0, 0.1) is 11.5 Å². The zero-order valence-electron chi connectivity index (χ0n) is 11.0. The number of hydrogen-bond acceptors (Lipinski definition) is 1. The molecular formula is C15H21NSi. The van der Waals surface area contributed by atoms with Crippen LogP contribution in [-0.4, -0.2) is 26.8 Å². The van der Waals surface area contributed by atoms with E-state index in [-0.39, 0.29) is 0 Å². The molecule has 0 amide bonds. The van der Waals surface area contributed by atoms with Gasteiger partial charge in [-0.15, -0.1) is 5.54 Å². The molecule has 0 spiro atoms. The van der Waals surface area contributed by atoms with Gasteiger partial charge < -0.3 is 0 Å². The maximum atomic E-state index is 3.35. The lowest BCUT2D eigenvalue weighted by atomic mass is 10.1. The zero-order valence-corrected chi connectivity index (χ0v) is 12.2. The summed E-state index contributed by atoms with van der Waals surface area (Å²) in [4.78, 5) is 2.45. The first kappa shape index (κ1) is 12.4. The van der Waals surface area contributed by atoms with Crippen LogP contribution in [0.5, 0.6) is 0 Å². The monoisotopic (exact) mass is 243 g/mol. The van der Waals surface area contributed by atoms with Crippen LogP contribution in [0.15, 0.2) is 24.3 Å². The second-order valence-corrected chi connectivity index (χ2v) is 7.87. The lowest BCUT2D eigenvalue weighted by Gasteiger charge is -2.15. The minimum Gasteiger partial charge on any atom is -0.299 e. The Balaban J connectivity index is 2.03. The van der Waals surface area contributed by atoms with Gasteiger partial charge in [0.25, 0.3) is 0 Å². The molecule has 1 saturated carbocycles. The summed E-state index contributed by atoms with van der Waals surface area (Å²) in [5.41, 5.74) is 5.91. The Morgan fingerprint density at radius 3 is 2.76 bits per heavy atom. The molecular weight excluding hydrogens is 222 g/mol. The van der Waals surface area contributed by atoms with Crippen LogP contribution >= 0.6 is 0 Å². The van der Waals surface area contributed by atoms with Crippen molar-refractivity contribution in [3.05, 3.63) is 35.4 Å². The molecule has 0 atom stereocenters. The third kappa shape index (κ3) is 4.03. The summed E-state index contributed by atoms with van der Waals surface area (Å²) < 4.78 is 0. The molecule has 2 rings (SSSR count). The van der Waals surface area contributed by atoms with Crippen molar-refractivity contribution in [3.8, 4) is 11.5 Å². The fourth-order valence-electron chi connectivity index (χ4n) is 1.91. The molecule has 0 bridgehead atoms. The van der Waals surface area contributed by atoms with Gasteiger partial charge in [0.05, 0.1) is 0 Å². The molecule has 0 saturated heterocycles. The van der Waals surface area contributed by atoms with Gasteiger partial charge >= 0.3 is 0 Å². The second kappa shape index (κ2) is 5.53. The largest absolute Gasteiger partial charge is 0.299 e. The van der Waals surface area contributed by atoms with Crippen LogP contribution in [-0.2, 0) is 6.54 Å². The van der Waals surface area contributed by atoms with Crippen molar-refractivity contribution >= 4 is 8.80 Å². The molecule has 0 aliphatic heterocycles. The fraction of sp³-hybridized carbons (Fsp3) is 0.467. The van der Waals surface area contributed by atoms with Crippen molar-refractivity contribution < 1.29 is 0 Å². The minimum atomic E-state index is -0.762. The van der Waals surface area contributed by atoms with Crippen LogP contribution < -0.4 is 0 Å². The summed E-state index contributed by atoms with van der Waals surface area (Å²) in [6, 6.07) is 9.51. The second-order valence-electron chi connectivity index (χ2n) is 5.27. The first-order valence-electron chi connectivity index (χ1n) is 6.46. The lowest BCUT2D eigenvalue weighted by molar-refractivity contribution is 0.316. The van der Waals surface area contributed by atoms with Crippen LogP contribution in [0.4, 0.5) is 0 Å². The van der Waals surface area contributed by atoms with Gasteiger partial charge in [-0.05, 0) is 37.6 Å². The predicted molar refractivity (Wildman–Crippen MR) is 76.7 cm³/mol. The third-order valence-electron chi connectivity index (χ3n) is 3.03. The summed E-state index contributed by atoms with van der Waals surface area (Å²) in [6.45, 7) is 5.58. The van der Waals surface area contributed by atoms with E-state index in [1.165, 1.54) is 24.0 Å². The molecule has 1 aliphatic rings. The Morgan fingerprint density at radius 1 is 1.35 bits per heavy atom. The average molecular weight is 243 g/mol. The molecule has 17 heavy (non-hydrogen) atoms. The highest BCUT2D eigenvalue weighted by Gasteiger charge is 2.25. The molecule has 0 N–H and O–H groups in total. The van der Waals surface area contributed by atoms with E-state index in [1.54, 1.807) is 0 Å². The first-order chi connectivity index (χ1) is 8.15. The fourth-order valence-corrected chi connectivity index (χ4v) is 2.36. The van der Waals surface area contributed by atoms with Crippen LogP contribution in [0.25, 0.3) is 0 Å². The zero-order chi connectivity index (χ0) is 12.3. The highest BCUT2D eigenvalue weighted by Crippen LogP contribution is 2.26. The molecule has 0 unspecified atom stereocenters. The van der Waals surface area contributed by atoms with Crippen LogP contribution in [0.1, 0.15) is 24.0 Å². The molecule has 2 heteroatoms. The number of hydrogen-bond donors (Lipinski definition) is 0. The number of nitrogens with zero attached hydrogens (tertiary/aromatic N) is 1. The van der Waals surface area contributed by atoms with Crippen molar-refractivity contribution in [1.82, 2.24) is 4.90 Å². The molecule has 1 nitrogen and oxygen atoms in total. The van der Waals surface area contributed by atoms with Crippen molar-refractivity contribution in [2.24, 2.45) is 0 Å². The van der Waals surface area contributed by atoms with Gasteiger partial charge in [-0.1, -0.05) is 31.1 Å². The SMILES string of the molecule is CN(Cc1cccc(C#C[SiH](C)C)c1)C1CC1. The maximum absolute atomic E-state index is 3.35. The smallest absolute Gasteiger partial charge is 0.117 e. The van der Waals surface area contributed by atoms with Gasteiger partial charge in [-0.25, -0.2) is 0 Å². The van der Waals surface area contributed by atoms with Crippen LogP contribution in [0.2, 0.25) is 13.1 Å². The van der Waals surface area contributed by atoms with E-state index in [0.717, 1.165) is 12.6 Å². The Labute approximate surface area is 106 Å². The van der Waals surface area contributed by atoms with E-state index in [2.05, 4.69) is 60.8 Å². The number of rotatable bonds is 3. The van der Waals surface area contributed by atoms with E-state index in [9.17, 15) is 0 Å². The summed E-state index contributed by atoms with van der Waals surface area (Å²) >= 11 is 0. The van der Waals surface area contributed by atoms with Gasteiger partial charge in [0.2, 0.25) is 0 Å². The summed E-state index contributed by atoms with van der Waals surface area (Å²) in [6.07, 6.45) is 2.74. The third-order valence-corrected chi connectivity index (χ3v) is 3.76. The normalized spacial score (nSPS) is 14.9. The van der Waals surface area contributed by atoms with Gasteiger partial charge in [0.15, 0.2) is 0 Å². The highest BCUT2D eigenvalue weighted by molar-refractivity contribution is 6.64. The quantitative estimate of drug-likeness (QED) is 0.583. The summed E-state index contributed by atoms with van der Waals surface area (Å²) in [7, 11) is 1.46. The molecule has 90 valence electrons. The van der Waals surface area contributed by atoms with Gasteiger partial charge in [0.1, 0.15) is 8.80 Å². The highest BCUT2D eigenvalue weighted by atomic mass is 28.3. The Kier molecular flexibility index (Phi) is 4.04. The molecule has 1 aromatic rings. The van der Waals surface area contributed by atoms with E-state index >= 15 is 0 Å². The topological polar surface area (TPSA) is 3.24 Å². The Bertz CT molecular complexity index is 438. The standard InChI is InChI=1S/C15H21NSi/c1-16(15-7-8-15)12-14-6-4-5-13(11-14)9-10-17(2)3/h4-6,11,15,17H,7-8,12H2,1-3H3. The van der Waals surface area contributed by atoms with Crippen molar-refractivity contribution in [1.29, 1.82) is 0 Å². The Morgan fingerprint density at radius 2 is 2.12 bits per heavy atom. The molecule has 1 fully saturated rings. The Hall–Kier alpha value is -1.04. The molecule has 0 radical (unpaired) electrons. The summed E-state index contributed by atoms with van der Waals surface area (Å²) in [5.74, 6) is 3.30. The van der Waals surface area contributed by atoms with E-state index in [4.69, 9.17) is 0 Å². The van der Waals surface area contributed by atoms with E-state index < -0.39 is 8.80 Å². The molecule has 1 aliphatic carbocycles. The van der Waals surface area contributed by atoms with Gasteiger partial charge in [-0.3, -0.25) is 4.90 Å². The predicted octanol–water partition coefficient (Wildman–Crippen LogP) is 2.66. The molecule has 0 aromatic heterocycles. The average Bonchev–Trinajstić information content (AvgIpc) is 3.10. The van der Waals surface area contributed by atoms with Crippen molar-refractivity contribution in [3.63, 3.8) is 0 Å². The first-order valence-corrected chi connectivity index (χ1v) is 9.34. The van der Waals surface area contributed by atoms with E-state index in [0.29, 0.717) is 0 Å². The molecule has 1 aromatic carbocycles. The van der Waals surface area contributed by atoms with Crippen molar-refractivity contribution in [2.75, 3.05) is 7.05 Å². The van der Waals surface area contributed by atoms with Crippen LogP contribution in [0.3, 0.4) is 0 Å². The lowest BCUT2D eigenvalue weighted by Crippen LogP contribution is -2.19. The number of benzene rings is 1. The maximum Gasteiger partial charge on any atom is 0.117 e. The minimum absolute atomic E-state index is 0.762. The molecule has 0 heterocycles. The van der Waals surface area contributed by atoms with Crippen molar-refractivity contribution in [2.45, 2.75) is 38.5 Å². The van der Waals surface area contributed by atoms with E-state index in [1.807, 2.05) is 0 Å².